The summed E-state index contributed by atoms with van der Waals surface area (Å²) in [6, 6.07) is 0.157. The molecule has 1 aromatic heterocycles. The lowest BCUT2D eigenvalue weighted by atomic mass is 9.84. The maximum absolute atomic E-state index is 12.3. The Balaban J connectivity index is 1.61. The molecule has 7 nitrogen and oxygen atoms in total. The largest absolute Gasteiger partial charge is 0.352 e. The van der Waals surface area contributed by atoms with Crippen molar-refractivity contribution < 1.29 is 9.72 Å². The number of nitrogens with zero attached hydrogens (tertiary/aromatic N) is 3. The minimum atomic E-state index is -0.441. The second kappa shape index (κ2) is 5.94. The molecule has 126 valence electrons. The summed E-state index contributed by atoms with van der Waals surface area (Å²) in [6.07, 6.45) is 5.17. The summed E-state index contributed by atoms with van der Waals surface area (Å²) in [5.41, 5.74) is 0.774. The van der Waals surface area contributed by atoms with Gasteiger partial charge in [-0.05, 0) is 57.8 Å². The molecule has 1 heterocycles. The van der Waals surface area contributed by atoms with Crippen LogP contribution >= 0.6 is 0 Å². The number of carbonyl (C=O) groups excluding carboxylic acids is 1. The zero-order valence-corrected chi connectivity index (χ0v) is 13.9. The van der Waals surface area contributed by atoms with E-state index in [2.05, 4.69) is 17.3 Å². The first kappa shape index (κ1) is 16.0. The van der Waals surface area contributed by atoms with Gasteiger partial charge in [0, 0.05) is 6.04 Å². The Morgan fingerprint density at radius 3 is 2.70 bits per heavy atom. The molecule has 2 fully saturated rings. The third-order valence-corrected chi connectivity index (χ3v) is 5.64. The molecule has 3 rings (SSSR count). The van der Waals surface area contributed by atoms with Gasteiger partial charge in [-0.25, -0.2) is 0 Å². The van der Waals surface area contributed by atoms with E-state index in [1.54, 1.807) is 13.8 Å². The number of hydrogen-bond acceptors (Lipinski definition) is 4. The fraction of sp³-hybridized carbons (Fsp3) is 0.750. The van der Waals surface area contributed by atoms with Gasteiger partial charge in [0.2, 0.25) is 5.91 Å². The number of amides is 1. The summed E-state index contributed by atoms with van der Waals surface area (Å²) in [4.78, 5) is 22.9. The number of aryl methyl sites for hydroxylation is 1. The Labute approximate surface area is 135 Å². The van der Waals surface area contributed by atoms with Gasteiger partial charge < -0.3 is 5.32 Å². The number of carbonyl (C=O) groups is 1. The Kier molecular flexibility index (Phi) is 4.12. The van der Waals surface area contributed by atoms with Gasteiger partial charge in [-0.2, -0.15) is 5.10 Å². The van der Waals surface area contributed by atoms with Crippen LogP contribution in [0.4, 0.5) is 5.69 Å². The second-order valence-electron chi connectivity index (χ2n) is 7.13. The van der Waals surface area contributed by atoms with E-state index in [-0.39, 0.29) is 24.2 Å². The number of aromatic nitrogens is 2. The minimum absolute atomic E-state index is 0.000971. The topological polar surface area (TPSA) is 90.1 Å². The van der Waals surface area contributed by atoms with Gasteiger partial charge in [0.15, 0.2) is 0 Å². The van der Waals surface area contributed by atoms with Crippen molar-refractivity contribution in [2.75, 3.05) is 0 Å². The molecule has 1 amide bonds. The van der Waals surface area contributed by atoms with E-state index >= 15 is 0 Å². The zero-order valence-electron chi connectivity index (χ0n) is 13.9. The molecular weight excluding hydrogens is 296 g/mol. The summed E-state index contributed by atoms with van der Waals surface area (Å²) >= 11 is 0. The molecule has 4 atom stereocenters. The average Bonchev–Trinajstić information content (AvgIpc) is 3.14. The predicted octanol–water partition coefficient (Wildman–Crippen LogP) is 2.35. The fourth-order valence-corrected chi connectivity index (χ4v) is 4.55. The molecule has 2 aliphatic carbocycles. The number of hydrogen-bond donors (Lipinski definition) is 1. The first-order valence-corrected chi connectivity index (χ1v) is 8.34. The normalized spacial score (nSPS) is 27.2. The molecule has 2 bridgehead atoms. The maximum atomic E-state index is 12.3. The van der Waals surface area contributed by atoms with Crippen LogP contribution in [0.5, 0.6) is 0 Å². The summed E-state index contributed by atoms with van der Waals surface area (Å²) in [5.74, 6) is 2.06. The quantitative estimate of drug-likeness (QED) is 0.666. The number of rotatable bonds is 5. The van der Waals surface area contributed by atoms with Crippen LogP contribution in [0.15, 0.2) is 0 Å². The number of fused-ring (bicyclic) bond motifs is 2. The molecule has 2 saturated carbocycles. The summed E-state index contributed by atoms with van der Waals surface area (Å²) in [5, 5.41) is 18.2. The van der Waals surface area contributed by atoms with Crippen molar-refractivity contribution >= 4 is 11.6 Å². The van der Waals surface area contributed by atoms with E-state index < -0.39 is 4.92 Å². The van der Waals surface area contributed by atoms with Crippen LogP contribution in [-0.4, -0.2) is 26.7 Å². The first-order chi connectivity index (χ1) is 10.9. The summed E-state index contributed by atoms with van der Waals surface area (Å²) in [7, 11) is 0. The smallest absolute Gasteiger partial charge is 0.312 e. The molecule has 0 aliphatic heterocycles. The monoisotopic (exact) mass is 320 g/mol. The van der Waals surface area contributed by atoms with E-state index in [9.17, 15) is 14.9 Å². The van der Waals surface area contributed by atoms with Crippen molar-refractivity contribution in [2.24, 2.45) is 17.8 Å². The maximum Gasteiger partial charge on any atom is 0.312 e. The highest BCUT2D eigenvalue weighted by Gasteiger charge is 2.42. The Bertz CT molecular complexity index is 640. The van der Waals surface area contributed by atoms with Crippen LogP contribution in [0.25, 0.3) is 0 Å². The van der Waals surface area contributed by atoms with E-state index in [0.717, 1.165) is 11.8 Å². The Morgan fingerprint density at radius 1 is 1.43 bits per heavy atom. The third kappa shape index (κ3) is 2.96. The predicted molar refractivity (Wildman–Crippen MR) is 84.9 cm³/mol. The molecule has 0 spiro atoms. The zero-order chi connectivity index (χ0) is 16.7. The van der Waals surface area contributed by atoms with Crippen LogP contribution in [0.2, 0.25) is 0 Å². The van der Waals surface area contributed by atoms with Gasteiger partial charge in [-0.15, -0.1) is 0 Å². The van der Waals surface area contributed by atoms with Gasteiger partial charge in [-0.3, -0.25) is 19.6 Å². The second-order valence-corrected chi connectivity index (χ2v) is 7.13. The van der Waals surface area contributed by atoms with Gasteiger partial charge in [-0.1, -0.05) is 6.42 Å². The highest BCUT2D eigenvalue weighted by Crippen LogP contribution is 2.49. The van der Waals surface area contributed by atoms with Crippen molar-refractivity contribution in [2.45, 2.75) is 59.0 Å². The average molecular weight is 320 g/mol. The van der Waals surface area contributed by atoms with Crippen LogP contribution < -0.4 is 5.32 Å². The lowest BCUT2D eigenvalue weighted by molar-refractivity contribution is -0.386. The fourth-order valence-electron chi connectivity index (χ4n) is 4.55. The highest BCUT2D eigenvalue weighted by molar-refractivity contribution is 5.76. The van der Waals surface area contributed by atoms with E-state index in [1.807, 2.05) is 0 Å². The van der Waals surface area contributed by atoms with Gasteiger partial charge in [0.25, 0.3) is 0 Å². The van der Waals surface area contributed by atoms with E-state index in [4.69, 9.17) is 0 Å². The molecule has 1 aromatic rings. The van der Waals surface area contributed by atoms with Crippen molar-refractivity contribution in [3.63, 3.8) is 0 Å². The van der Waals surface area contributed by atoms with E-state index in [0.29, 0.717) is 17.3 Å². The molecule has 0 saturated heterocycles. The molecule has 0 radical (unpaired) electrons. The highest BCUT2D eigenvalue weighted by atomic mass is 16.6. The van der Waals surface area contributed by atoms with Crippen LogP contribution in [0.1, 0.15) is 44.0 Å². The Hall–Kier alpha value is -1.92. The van der Waals surface area contributed by atoms with Crippen LogP contribution in [0.3, 0.4) is 0 Å². The molecule has 0 aromatic carbocycles. The molecule has 23 heavy (non-hydrogen) atoms. The summed E-state index contributed by atoms with van der Waals surface area (Å²) < 4.78 is 1.43. The van der Waals surface area contributed by atoms with E-state index in [1.165, 1.54) is 30.4 Å². The molecule has 2 aliphatic rings. The van der Waals surface area contributed by atoms with Crippen LogP contribution in [0, 0.1) is 41.7 Å². The SMILES string of the molecule is Cc1nn(CC(=O)N[C@@H](C)[C@H]2C[C@H]3CC[C@H]2C3)c(C)c1[N+](=O)[O-]. The minimum Gasteiger partial charge on any atom is -0.352 e. The molecule has 1 N–H and O–H groups in total. The van der Waals surface area contributed by atoms with Gasteiger partial charge in [0.05, 0.1) is 4.92 Å². The summed E-state index contributed by atoms with van der Waals surface area (Å²) in [6.45, 7) is 5.33. The van der Waals surface area contributed by atoms with Crippen LogP contribution in [-0.2, 0) is 11.3 Å². The molecule has 0 unspecified atom stereocenters. The standard InChI is InChI=1S/C16H24N4O3/c1-9(14-7-12-4-5-13(14)6-12)17-15(21)8-19-11(3)16(20(22)23)10(2)18-19/h9,12-14H,4-8H2,1-3H3,(H,17,21)/t9-,12-,13-,14+/m0/s1. The van der Waals surface area contributed by atoms with Gasteiger partial charge >= 0.3 is 5.69 Å². The number of nitro groups is 1. The Morgan fingerprint density at radius 2 is 2.17 bits per heavy atom. The van der Waals surface area contributed by atoms with Crippen molar-refractivity contribution in [1.82, 2.24) is 15.1 Å². The molecular formula is C16H24N4O3. The third-order valence-electron chi connectivity index (χ3n) is 5.64. The van der Waals surface area contributed by atoms with Crippen molar-refractivity contribution in [3.8, 4) is 0 Å². The number of nitrogens with one attached hydrogen (secondary N) is 1. The van der Waals surface area contributed by atoms with Crippen molar-refractivity contribution in [1.29, 1.82) is 0 Å². The van der Waals surface area contributed by atoms with Crippen molar-refractivity contribution in [3.05, 3.63) is 21.5 Å². The lowest BCUT2D eigenvalue weighted by Gasteiger charge is -2.28. The molecule has 7 heteroatoms. The lowest BCUT2D eigenvalue weighted by Crippen LogP contribution is -2.41. The van der Waals surface area contributed by atoms with Gasteiger partial charge in [0.1, 0.15) is 17.9 Å². The first-order valence-electron chi connectivity index (χ1n) is 8.34.